The van der Waals surface area contributed by atoms with Crippen LogP contribution >= 0.6 is 0 Å². The lowest BCUT2D eigenvalue weighted by molar-refractivity contribution is -0.141. The van der Waals surface area contributed by atoms with Crippen LogP contribution in [0.25, 0.3) is 0 Å². The predicted octanol–water partition coefficient (Wildman–Crippen LogP) is 2.89. The standard InChI is InChI=1S/C13H17F3N4/c1-9(2)18-12(8-17)5-3-10(7-12)20-6-4-11(19-20)13(14,15)16/h4,6,9-10,18H,3,5,7H2,1-2H3. The maximum Gasteiger partial charge on any atom is 0.435 e. The zero-order chi connectivity index (χ0) is 15.0. The highest BCUT2D eigenvalue weighted by Gasteiger charge is 2.41. The third-order valence-corrected chi connectivity index (χ3v) is 3.54. The number of alkyl halides is 3. The van der Waals surface area contributed by atoms with Crippen molar-refractivity contribution < 1.29 is 13.2 Å². The summed E-state index contributed by atoms with van der Waals surface area (Å²) in [5, 5.41) is 16.2. The zero-order valence-corrected chi connectivity index (χ0v) is 11.4. The van der Waals surface area contributed by atoms with Gasteiger partial charge in [-0.05, 0) is 32.8 Å². The Morgan fingerprint density at radius 2 is 2.25 bits per heavy atom. The molecule has 2 rings (SSSR count). The molecule has 0 aliphatic heterocycles. The summed E-state index contributed by atoms with van der Waals surface area (Å²) in [7, 11) is 0. The van der Waals surface area contributed by atoms with Gasteiger partial charge in [-0.3, -0.25) is 10.00 Å². The molecule has 0 radical (unpaired) electrons. The molecule has 2 unspecified atom stereocenters. The van der Waals surface area contributed by atoms with E-state index in [0.717, 1.165) is 6.07 Å². The molecule has 1 aromatic heterocycles. The predicted molar refractivity (Wildman–Crippen MR) is 66.7 cm³/mol. The molecule has 0 saturated heterocycles. The van der Waals surface area contributed by atoms with Crippen molar-refractivity contribution in [3.8, 4) is 6.07 Å². The van der Waals surface area contributed by atoms with Crippen LogP contribution in [0.2, 0.25) is 0 Å². The van der Waals surface area contributed by atoms with Crippen molar-refractivity contribution in [3.05, 3.63) is 18.0 Å². The molecule has 0 bridgehead atoms. The summed E-state index contributed by atoms with van der Waals surface area (Å²) in [4.78, 5) is 0. The van der Waals surface area contributed by atoms with Crippen LogP contribution < -0.4 is 5.32 Å². The van der Waals surface area contributed by atoms with E-state index < -0.39 is 17.4 Å². The molecule has 1 aliphatic carbocycles. The molecule has 0 aromatic carbocycles. The van der Waals surface area contributed by atoms with Gasteiger partial charge in [0.2, 0.25) is 0 Å². The van der Waals surface area contributed by atoms with E-state index in [9.17, 15) is 18.4 Å². The molecule has 110 valence electrons. The van der Waals surface area contributed by atoms with E-state index >= 15 is 0 Å². The molecule has 20 heavy (non-hydrogen) atoms. The van der Waals surface area contributed by atoms with Gasteiger partial charge in [-0.2, -0.15) is 23.5 Å². The minimum atomic E-state index is -4.42. The van der Waals surface area contributed by atoms with Gasteiger partial charge in [-0.1, -0.05) is 0 Å². The first-order valence-electron chi connectivity index (χ1n) is 6.57. The molecule has 4 nitrogen and oxygen atoms in total. The van der Waals surface area contributed by atoms with Crippen molar-refractivity contribution in [1.29, 1.82) is 5.26 Å². The minimum Gasteiger partial charge on any atom is -0.297 e. The molecule has 0 amide bonds. The van der Waals surface area contributed by atoms with Crippen molar-refractivity contribution in [2.24, 2.45) is 0 Å². The molecule has 0 spiro atoms. The first-order chi connectivity index (χ1) is 9.26. The Labute approximate surface area is 115 Å². The van der Waals surface area contributed by atoms with E-state index in [1.807, 2.05) is 13.8 Å². The van der Waals surface area contributed by atoms with Crippen molar-refractivity contribution in [3.63, 3.8) is 0 Å². The summed E-state index contributed by atoms with van der Waals surface area (Å²) in [5.41, 5.74) is -1.55. The fourth-order valence-electron chi connectivity index (χ4n) is 2.76. The van der Waals surface area contributed by atoms with E-state index in [1.165, 1.54) is 10.9 Å². The SMILES string of the molecule is CC(C)NC1(C#N)CCC(n2ccc(C(F)(F)F)n2)C1. The quantitative estimate of drug-likeness (QED) is 0.929. The number of nitrogens with zero attached hydrogens (tertiary/aromatic N) is 3. The third-order valence-electron chi connectivity index (χ3n) is 3.54. The number of halogens is 3. The zero-order valence-electron chi connectivity index (χ0n) is 11.4. The summed E-state index contributed by atoms with van der Waals surface area (Å²) >= 11 is 0. The van der Waals surface area contributed by atoms with Crippen LogP contribution in [0.4, 0.5) is 13.2 Å². The lowest BCUT2D eigenvalue weighted by atomic mass is 9.98. The van der Waals surface area contributed by atoms with Gasteiger partial charge >= 0.3 is 6.18 Å². The maximum atomic E-state index is 12.5. The van der Waals surface area contributed by atoms with E-state index in [0.29, 0.717) is 19.3 Å². The van der Waals surface area contributed by atoms with Crippen LogP contribution in [-0.4, -0.2) is 21.4 Å². The summed E-state index contributed by atoms with van der Waals surface area (Å²) in [6.45, 7) is 3.89. The summed E-state index contributed by atoms with van der Waals surface area (Å²) < 4.78 is 39.0. The summed E-state index contributed by atoms with van der Waals surface area (Å²) in [6.07, 6.45) is -1.34. The molecule has 1 saturated carbocycles. The average molecular weight is 286 g/mol. The molecule has 1 fully saturated rings. The summed E-state index contributed by atoms with van der Waals surface area (Å²) in [6, 6.07) is 3.23. The van der Waals surface area contributed by atoms with Crippen LogP contribution in [0.1, 0.15) is 44.8 Å². The Morgan fingerprint density at radius 1 is 1.55 bits per heavy atom. The van der Waals surface area contributed by atoms with Crippen LogP contribution in [0.5, 0.6) is 0 Å². The van der Waals surface area contributed by atoms with Crippen LogP contribution in [0.15, 0.2) is 12.3 Å². The van der Waals surface area contributed by atoms with Crippen LogP contribution in [0, 0.1) is 11.3 Å². The van der Waals surface area contributed by atoms with Gasteiger partial charge in [0.1, 0.15) is 5.54 Å². The minimum absolute atomic E-state index is 0.150. The number of aromatic nitrogens is 2. The van der Waals surface area contributed by atoms with Gasteiger partial charge in [0.15, 0.2) is 5.69 Å². The smallest absolute Gasteiger partial charge is 0.297 e. The van der Waals surface area contributed by atoms with E-state index in [1.54, 1.807) is 0 Å². The summed E-state index contributed by atoms with van der Waals surface area (Å²) in [5.74, 6) is 0. The molecule has 2 atom stereocenters. The Kier molecular flexibility index (Phi) is 3.78. The Bertz CT molecular complexity index is 514. The number of hydrogen-bond donors (Lipinski definition) is 1. The van der Waals surface area contributed by atoms with Gasteiger partial charge in [-0.15, -0.1) is 0 Å². The number of nitrogens with one attached hydrogen (secondary N) is 1. The first kappa shape index (κ1) is 14.9. The normalized spacial score (nSPS) is 26.9. The van der Waals surface area contributed by atoms with Crippen molar-refractivity contribution >= 4 is 0 Å². The van der Waals surface area contributed by atoms with Gasteiger partial charge in [0.25, 0.3) is 0 Å². The average Bonchev–Trinajstić information content (AvgIpc) is 2.93. The fraction of sp³-hybridized carbons (Fsp3) is 0.692. The fourth-order valence-corrected chi connectivity index (χ4v) is 2.76. The second-order valence-corrected chi connectivity index (χ2v) is 5.57. The molecule has 1 aliphatic rings. The molecule has 7 heteroatoms. The van der Waals surface area contributed by atoms with Gasteiger partial charge in [-0.25, -0.2) is 0 Å². The first-order valence-corrected chi connectivity index (χ1v) is 6.57. The molecular weight excluding hydrogens is 269 g/mol. The number of hydrogen-bond acceptors (Lipinski definition) is 3. The van der Waals surface area contributed by atoms with Crippen molar-refractivity contribution in [2.45, 2.75) is 56.9 Å². The molecular formula is C13H17F3N4. The van der Waals surface area contributed by atoms with Crippen LogP contribution in [-0.2, 0) is 6.18 Å². The van der Waals surface area contributed by atoms with E-state index in [-0.39, 0.29) is 12.1 Å². The van der Waals surface area contributed by atoms with Gasteiger partial charge < -0.3 is 0 Å². The van der Waals surface area contributed by atoms with E-state index in [2.05, 4.69) is 16.5 Å². The highest BCUT2D eigenvalue weighted by molar-refractivity contribution is 5.14. The maximum absolute atomic E-state index is 12.5. The topological polar surface area (TPSA) is 53.6 Å². The van der Waals surface area contributed by atoms with Crippen molar-refractivity contribution in [1.82, 2.24) is 15.1 Å². The third kappa shape index (κ3) is 2.96. The van der Waals surface area contributed by atoms with Crippen LogP contribution in [0.3, 0.4) is 0 Å². The van der Waals surface area contributed by atoms with Crippen molar-refractivity contribution in [2.75, 3.05) is 0 Å². The molecule has 1 heterocycles. The second-order valence-electron chi connectivity index (χ2n) is 5.57. The van der Waals surface area contributed by atoms with Gasteiger partial charge in [0, 0.05) is 18.7 Å². The lowest BCUT2D eigenvalue weighted by Gasteiger charge is -2.25. The highest BCUT2D eigenvalue weighted by Crippen LogP contribution is 2.38. The lowest BCUT2D eigenvalue weighted by Crippen LogP contribution is -2.45. The highest BCUT2D eigenvalue weighted by atomic mass is 19.4. The van der Waals surface area contributed by atoms with E-state index in [4.69, 9.17) is 0 Å². The monoisotopic (exact) mass is 286 g/mol. The Morgan fingerprint density at radius 3 is 2.75 bits per heavy atom. The molecule has 1 aromatic rings. The molecule has 1 N–H and O–H groups in total. The second kappa shape index (κ2) is 5.09. The van der Waals surface area contributed by atoms with Gasteiger partial charge in [0.05, 0.1) is 12.1 Å². The number of rotatable bonds is 3. The Hall–Kier alpha value is -1.55. The number of nitriles is 1. The Balaban J connectivity index is 2.13. The largest absolute Gasteiger partial charge is 0.435 e.